The van der Waals surface area contributed by atoms with Crippen molar-refractivity contribution in [2.75, 3.05) is 20.1 Å². The fraction of sp³-hybridized carbons (Fsp3) is 0.938. The van der Waals surface area contributed by atoms with Crippen LogP contribution in [0.25, 0.3) is 0 Å². The first-order chi connectivity index (χ1) is 9.27. The first kappa shape index (κ1) is 14.8. The molecule has 0 aromatic carbocycles. The molecular weight excluding hydrogens is 236 g/mol. The van der Waals surface area contributed by atoms with Crippen LogP contribution in [0.4, 0.5) is 0 Å². The number of hydrogen-bond acceptors (Lipinski definition) is 2. The van der Waals surface area contributed by atoms with Gasteiger partial charge in [0.2, 0.25) is 5.91 Å². The van der Waals surface area contributed by atoms with Gasteiger partial charge in [0.05, 0.1) is 0 Å². The molecule has 2 fully saturated rings. The van der Waals surface area contributed by atoms with E-state index in [2.05, 4.69) is 5.32 Å². The van der Waals surface area contributed by atoms with Gasteiger partial charge in [0.15, 0.2) is 0 Å². The summed E-state index contributed by atoms with van der Waals surface area (Å²) < 4.78 is 0. The van der Waals surface area contributed by atoms with Gasteiger partial charge in [-0.15, -0.1) is 0 Å². The van der Waals surface area contributed by atoms with Crippen LogP contribution < -0.4 is 5.32 Å². The second-order valence-corrected chi connectivity index (χ2v) is 6.38. The lowest BCUT2D eigenvalue weighted by Gasteiger charge is -2.28. The zero-order valence-electron chi connectivity index (χ0n) is 12.5. The molecule has 1 heterocycles. The molecule has 1 atom stereocenters. The van der Waals surface area contributed by atoms with E-state index in [9.17, 15) is 4.79 Å². The van der Waals surface area contributed by atoms with Gasteiger partial charge < -0.3 is 10.2 Å². The molecule has 1 unspecified atom stereocenters. The summed E-state index contributed by atoms with van der Waals surface area (Å²) in [5, 5.41) is 3.42. The number of carbonyl (C=O) groups excluding carboxylic acids is 1. The van der Waals surface area contributed by atoms with E-state index in [0.29, 0.717) is 11.9 Å². The van der Waals surface area contributed by atoms with Gasteiger partial charge in [-0.3, -0.25) is 4.79 Å². The van der Waals surface area contributed by atoms with Gasteiger partial charge in [0.25, 0.3) is 0 Å². The maximum Gasteiger partial charge on any atom is 0.222 e. The summed E-state index contributed by atoms with van der Waals surface area (Å²) in [5.74, 6) is 1.19. The van der Waals surface area contributed by atoms with E-state index in [0.717, 1.165) is 38.3 Å². The van der Waals surface area contributed by atoms with Crippen LogP contribution in [0, 0.1) is 5.92 Å². The maximum atomic E-state index is 12.3. The third-order valence-corrected chi connectivity index (χ3v) is 4.98. The second-order valence-electron chi connectivity index (χ2n) is 6.38. The summed E-state index contributed by atoms with van der Waals surface area (Å²) in [6.07, 6.45) is 12.2. The van der Waals surface area contributed by atoms with Crippen LogP contribution >= 0.6 is 0 Å². The summed E-state index contributed by atoms with van der Waals surface area (Å²) in [7, 11) is 2.01. The van der Waals surface area contributed by atoms with Gasteiger partial charge in [-0.05, 0) is 44.7 Å². The van der Waals surface area contributed by atoms with Crippen LogP contribution in [0.5, 0.6) is 0 Å². The van der Waals surface area contributed by atoms with Crippen molar-refractivity contribution in [2.45, 2.75) is 70.3 Å². The average Bonchev–Trinajstić information content (AvgIpc) is 2.74. The number of nitrogens with zero attached hydrogens (tertiary/aromatic N) is 1. The van der Waals surface area contributed by atoms with Crippen molar-refractivity contribution in [1.29, 1.82) is 0 Å². The number of amides is 1. The van der Waals surface area contributed by atoms with Crippen LogP contribution in [-0.4, -0.2) is 37.0 Å². The minimum absolute atomic E-state index is 0.373. The molecule has 1 aliphatic carbocycles. The summed E-state index contributed by atoms with van der Waals surface area (Å²) in [5.41, 5.74) is 0. The Balaban J connectivity index is 1.71. The fourth-order valence-electron chi connectivity index (χ4n) is 3.57. The van der Waals surface area contributed by atoms with E-state index < -0.39 is 0 Å². The SMILES string of the molecule is CN(C(=O)CCC1CCCCC1)C1CCCNCC1. The largest absolute Gasteiger partial charge is 0.343 e. The monoisotopic (exact) mass is 266 g/mol. The highest BCUT2D eigenvalue weighted by Crippen LogP contribution is 2.27. The zero-order chi connectivity index (χ0) is 13.5. The lowest BCUT2D eigenvalue weighted by molar-refractivity contribution is -0.132. The number of rotatable bonds is 4. The molecule has 3 nitrogen and oxygen atoms in total. The second kappa shape index (κ2) is 7.88. The van der Waals surface area contributed by atoms with Gasteiger partial charge in [0, 0.05) is 19.5 Å². The molecule has 0 aromatic rings. The van der Waals surface area contributed by atoms with Crippen LogP contribution in [0.15, 0.2) is 0 Å². The van der Waals surface area contributed by atoms with Crippen molar-refractivity contribution in [2.24, 2.45) is 5.92 Å². The Labute approximate surface area is 118 Å². The van der Waals surface area contributed by atoms with Crippen molar-refractivity contribution in [3.8, 4) is 0 Å². The molecule has 1 saturated heterocycles. The summed E-state index contributed by atoms with van der Waals surface area (Å²) in [6.45, 7) is 2.17. The third-order valence-electron chi connectivity index (χ3n) is 4.98. The fourth-order valence-corrected chi connectivity index (χ4v) is 3.57. The molecule has 2 rings (SSSR count). The lowest BCUT2D eigenvalue weighted by atomic mass is 9.86. The van der Waals surface area contributed by atoms with E-state index in [1.165, 1.54) is 44.9 Å². The summed E-state index contributed by atoms with van der Waals surface area (Å²) in [4.78, 5) is 14.3. The molecule has 19 heavy (non-hydrogen) atoms. The van der Waals surface area contributed by atoms with Crippen LogP contribution in [0.1, 0.15) is 64.2 Å². The number of carbonyl (C=O) groups is 1. The summed E-state index contributed by atoms with van der Waals surface area (Å²) in [6, 6.07) is 0.467. The van der Waals surface area contributed by atoms with E-state index in [4.69, 9.17) is 0 Å². The average molecular weight is 266 g/mol. The Bertz CT molecular complexity index is 266. The van der Waals surface area contributed by atoms with Gasteiger partial charge >= 0.3 is 0 Å². The zero-order valence-corrected chi connectivity index (χ0v) is 12.5. The molecule has 0 spiro atoms. The molecule has 1 aliphatic heterocycles. The first-order valence-corrected chi connectivity index (χ1v) is 8.24. The third kappa shape index (κ3) is 4.79. The molecule has 1 N–H and O–H groups in total. The molecular formula is C16H30N2O. The minimum atomic E-state index is 0.373. The Morgan fingerprint density at radius 1 is 1.05 bits per heavy atom. The van der Waals surface area contributed by atoms with Crippen molar-refractivity contribution in [1.82, 2.24) is 10.2 Å². The highest BCUT2D eigenvalue weighted by molar-refractivity contribution is 5.76. The maximum absolute atomic E-state index is 12.3. The van der Waals surface area contributed by atoms with Crippen molar-refractivity contribution in [3.63, 3.8) is 0 Å². The van der Waals surface area contributed by atoms with E-state index in [-0.39, 0.29) is 0 Å². The first-order valence-electron chi connectivity index (χ1n) is 8.24. The van der Waals surface area contributed by atoms with Gasteiger partial charge in [-0.25, -0.2) is 0 Å². The van der Waals surface area contributed by atoms with Crippen molar-refractivity contribution in [3.05, 3.63) is 0 Å². The Hall–Kier alpha value is -0.570. The van der Waals surface area contributed by atoms with Crippen molar-refractivity contribution >= 4 is 5.91 Å². The molecule has 2 aliphatic rings. The van der Waals surface area contributed by atoms with E-state index >= 15 is 0 Å². The molecule has 3 heteroatoms. The molecule has 110 valence electrons. The predicted molar refractivity (Wildman–Crippen MR) is 79.1 cm³/mol. The Kier molecular flexibility index (Phi) is 6.15. The Morgan fingerprint density at radius 2 is 1.84 bits per heavy atom. The Morgan fingerprint density at radius 3 is 2.63 bits per heavy atom. The predicted octanol–water partition coefficient (Wildman–Crippen LogP) is 2.95. The smallest absolute Gasteiger partial charge is 0.222 e. The van der Waals surface area contributed by atoms with E-state index in [1.807, 2.05) is 11.9 Å². The van der Waals surface area contributed by atoms with Crippen LogP contribution in [0.3, 0.4) is 0 Å². The quantitative estimate of drug-likeness (QED) is 0.848. The highest BCUT2D eigenvalue weighted by Gasteiger charge is 2.22. The van der Waals surface area contributed by atoms with Gasteiger partial charge in [-0.2, -0.15) is 0 Å². The molecule has 1 amide bonds. The molecule has 0 aromatic heterocycles. The molecule has 0 radical (unpaired) electrons. The van der Waals surface area contributed by atoms with Crippen LogP contribution in [0.2, 0.25) is 0 Å². The summed E-state index contributed by atoms with van der Waals surface area (Å²) >= 11 is 0. The van der Waals surface area contributed by atoms with Crippen molar-refractivity contribution < 1.29 is 4.79 Å². The van der Waals surface area contributed by atoms with Gasteiger partial charge in [-0.1, -0.05) is 32.1 Å². The van der Waals surface area contributed by atoms with Crippen LogP contribution in [-0.2, 0) is 4.79 Å². The number of nitrogens with one attached hydrogen (secondary N) is 1. The number of hydrogen-bond donors (Lipinski definition) is 1. The normalized spacial score (nSPS) is 25.8. The topological polar surface area (TPSA) is 32.3 Å². The van der Waals surface area contributed by atoms with Gasteiger partial charge in [0.1, 0.15) is 0 Å². The standard InChI is InChI=1S/C16H30N2O/c1-18(15-8-5-12-17-13-11-15)16(19)10-9-14-6-3-2-4-7-14/h14-15,17H,2-13H2,1H3. The highest BCUT2D eigenvalue weighted by atomic mass is 16.2. The molecule has 0 bridgehead atoms. The minimum Gasteiger partial charge on any atom is -0.343 e. The molecule has 1 saturated carbocycles. The lowest BCUT2D eigenvalue weighted by Crippen LogP contribution is -2.37. The van der Waals surface area contributed by atoms with E-state index in [1.54, 1.807) is 0 Å².